The van der Waals surface area contributed by atoms with E-state index in [0.717, 1.165) is 19.4 Å². The van der Waals surface area contributed by atoms with Crippen molar-refractivity contribution in [2.75, 3.05) is 13.1 Å². The lowest BCUT2D eigenvalue weighted by atomic mass is 9.91. The summed E-state index contributed by atoms with van der Waals surface area (Å²) in [5, 5.41) is 2.92. The van der Waals surface area contributed by atoms with Gasteiger partial charge in [0.25, 0.3) is 0 Å². The largest absolute Gasteiger partial charge is 0.342 e. The van der Waals surface area contributed by atoms with Gasteiger partial charge in [0.05, 0.1) is 0 Å². The fourth-order valence-corrected chi connectivity index (χ4v) is 2.32. The summed E-state index contributed by atoms with van der Waals surface area (Å²) >= 11 is 0. The molecule has 0 aliphatic carbocycles. The van der Waals surface area contributed by atoms with Gasteiger partial charge in [0.15, 0.2) is 0 Å². The van der Waals surface area contributed by atoms with Crippen LogP contribution in [0.2, 0.25) is 0 Å². The Bertz CT molecular complexity index is 285. The molecule has 4 heteroatoms. The second-order valence-corrected chi connectivity index (χ2v) is 4.73. The van der Waals surface area contributed by atoms with Gasteiger partial charge in [-0.1, -0.05) is 27.2 Å². The summed E-state index contributed by atoms with van der Waals surface area (Å²) in [5.74, 6) is 0.0999. The molecule has 98 valence electrons. The van der Waals surface area contributed by atoms with Crippen LogP contribution in [0.4, 0.5) is 0 Å². The Labute approximate surface area is 104 Å². The summed E-state index contributed by atoms with van der Waals surface area (Å²) < 4.78 is 0. The molecule has 0 bridgehead atoms. The van der Waals surface area contributed by atoms with Crippen LogP contribution in [-0.2, 0) is 9.59 Å². The molecule has 4 nitrogen and oxygen atoms in total. The van der Waals surface area contributed by atoms with E-state index in [2.05, 4.69) is 12.2 Å². The molecule has 1 N–H and O–H groups in total. The second-order valence-electron chi connectivity index (χ2n) is 4.73. The quantitative estimate of drug-likeness (QED) is 0.795. The maximum absolute atomic E-state index is 12.5. The minimum absolute atomic E-state index is 0.000971. The van der Waals surface area contributed by atoms with Crippen molar-refractivity contribution in [3.8, 4) is 0 Å². The first-order chi connectivity index (χ1) is 8.09. The summed E-state index contributed by atoms with van der Waals surface area (Å²) in [7, 11) is 0. The molecule has 0 aromatic carbocycles. The Morgan fingerprint density at radius 1 is 1.24 bits per heavy atom. The summed E-state index contributed by atoms with van der Waals surface area (Å²) in [6, 6.07) is 0. The van der Waals surface area contributed by atoms with Crippen molar-refractivity contribution < 1.29 is 9.59 Å². The molecule has 0 unspecified atom stereocenters. The Morgan fingerprint density at radius 3 is 2.41 bits per heavy atom. The zero-order valence-corrected chi connectivity index (χ0v) is 11.2. The Balaban J connectivity index is 2.88. The molecular formula is C13H24N2O2. The van der Waals surface area contributed by atoms with Gasteiger partial charge < -0.3 is 10.2 Å². The van der Waals surface area contributed by atoms with Gasteiger partial charge in [0.2, 0.25) is 11.8 Å². The maximum Gasteiger partial charge on any atom is 0.248 e. The van der Waals surface area contributed by atoms with Crippen LogP contribution >= 0.6 is 0 Å². The SMILES string of the molecule is CCCCN1CCC(=O)NC(CC)(CC)C1=O. The van der Waals surface area contributed by atoms with Crippen molar-refractivity contribution in [1.82, 2.24) is 10.2 Å². The number of carbonyl (C=O) groups is 2. The molecule has 1 fully saturated rings. The average molecular weight is 240 g/mol. The number of nitrogens with one attached hydrogen (secondary N) is 1. The second kappa shape index (κ2) is 6.03. The zero-order valence-electron chi connectivity index (χ0n) is 11.2. The van der Waals surface area contributed by atoms with Gasteiger partial charge in [-0.3, -0.25) is 9.59 Å². The number of carbonyl (C=O) groups excluding carboxylic acids is 2. The summed E-state index contributed by atoms with van der Waals surface area (Å²) in [6.45, 7) is 7.37. The number of hydrogen-bond acceptors (Lipinski definition) is 2. The van der Waals surface area contributed by atoms with E-state index in [0.29, 0.717) is 25.8 Å². The van der Waals surface area contributed by atoms with E-state index < -0.39 is 5.54 Å². The predicted octanol–water partition coefficient (Wildman–Crippen LogP) is 1.69. The monoisotopic (exact) mass is 240 g/mol. The third-order valence-corrected chi connectivity index (χ3v) is 3.67. The topological polar surface area (TPSA) is 49.4 Å². The lowest BCUT2D eigenvalue weighted by molar-refractivity contribution is -0.139. The minimum atomic E-state index is -0.665. The highest BCUT2D eigenvalue weighted by molar-refractivity contribution is 5.93. The number of amides is 2. The number of hydrogen-bond donors (Lipinski definition) is 1. The van der Waals surface area contributed by atoms with E-state index in [9.17, 15) is 9.59 Å². The molecule has 1 saturated heterocycles. The van der Waals surface area contributed by atoms with Crippen molar-refractivity contribution in [3.05, 3.63) is 0 Å². The fraction of sp³-hybridized carbons (Fsp3) is 0.846. The van der Waals surface area contributed by atoms with Gasteiger partial charge in [-0.2, -0.15) is 0 Å². The Hall–Kier alpha value is -1.06. The van der Waals surface area contributed by atoms with Gasteiger partial charge in [-0.05, 0) is 19.3 Å². The van der Waals surface area contributed by atoms with Gasteiger partial charge in [-0.25, -0.2) is 0 Å². The van der Waals surface area contributed by atoms with Crippen molar-refractivity contribution in [2.24, 2.45) is 0 Å². The van der Waals surface area contributed by atoms with Crippen molar-refractivity contribution in [2.45, 2.75) is 58.4 Å². The lowest BCUT2D eigenvalue weighted by Gasteiger charge is -2.33. The van der Waals surface area contributed by atoms with Crippen LogP contribution in [0.25, 0.3) is 0 Å². The van der Waals surface area contributed by atoms with Gasteiger partial charge in [-0.15, -0.1) is 0 Å². The van der Waals surface area contributed by atoms with E-state index in [1.165, 1.54) is 0 Å². The van der Waals surface area contributed by atoms with Gasteiger partial charge in [0.1, 0.15) is 5.54 Å². The summed E-state index contributed by atoms with van der Waals surface area (Å²) in [4.78, 5) is 26.0. The first-order valence-corrected chi connectivity index (χ1v) is 6.70. The highest BCUT2D eigenvalue weighted by Crippen LogP contribution is 2.22. The first-order valence-electron chi connectivity index (χ1n) is 6.70. The molecule has 17 heavy (non-hydrogen) atoms. The van der Waals surface area contributed by atoms with E-state index in [-0.39, 0.29) is 11.8 Å². The molecule has 2 amide bonds. The predicted molar refractivity (Wildman–Crippen MR) is 67.6 cm³/mol. The van der Waals surface area contributed by atoms with E-state index in [1.807, 2.05) is 18.7 Å². The number of rotatable bonds is 5. The molecule has 0 aromatic heterocycles. The van der Waals surface area contributed by atoms with Crippen LogP contribution in [0.15, 0.2) is 0 Å². The molecule has 0 radical (unpaired) electrons. The normalized spacial score (nSPS) is 20.1. The minimum Gasteiger partial charge on any atom is -0.342 e. The summed E-state index contributed by atoms with van der Waals surface area (Å²) in [6.07, 6.45) is 3.82. The fourth-order valence-electron chi connectivity index (χ4n) is 2.32. The highest BCUT2D eigenvalue weighted by atomic mass is 16.2. The molecule has 1 rings (SSSR count). The molecule has 0 aromatic rings. The third kappa shape index (κ3) is 2.99. The Morgan fingerprint density at radius 2 is 1.88 bits per heavy atom. The van der Waals surface area contributed by atoms with Crippen molar-refractivity contribution in [3.63, 3.8) is 0 Å². The average Bonchev–Trinajstić information content (AvgIpc) is 2.46. The molecule has 1 aliphatic rings. The first kappa shape index (κ1) is 14.0. The van der Waals surface area contributed by atoms with Crippen LogP contribution in [0.1, 0.15) is 52.9 Å². The van der Waals surface area contributed by atoms with Crippen LogP contribution in [0, 0.1) is 0 Å². The molecule has 0 saturated carbocycles. The molecule has 0 atom stereocenters. The third-order valence-electron chi connectivity index (χ3n) is 3.67. The molecule has 1 heterocycles. The van der Waals surface area contributed by atoms with Crippen LogP contribution in [0.5, 0.6) is 0 Å². The van der Waals surface area contributed by atoms with Crippen LogP contribution < -0.4 is 5.32 Å². The standard InChI is InChI=1S/C13H24N2O2/c1-4-7-9-15-10-8-11(16)14-13(5-2,6-3)12(15)17/h4-10H2,1-3H3,(H,14,16). The highest BCUT2D eigenvalue weighted by Gasteiger charge is 2.41. The van der Waals surface area contributed by atoms with E-state index in [1.54, 1.807) is 0 Å². The van der Waals surface area contributed by atoms with E-state index in [4.69, 9.17) is 0 Å². The lowest BCUT2D eigenvalue weighted by Crippen LogP contribution is -2.56. The van der Waals surface area contributed by atoms with Crippen molar-refractivity contribution >= 4 is 11.8 Å². The van der Waals surface area contributed by atoms with E-state index >= 15 is 0 Å². The van der Waals surface area contributed by atoms with Gasteiger partial charge in [0, 0.05) is 19.5 Å². The van der Waals surface area contributed by atoms with Crippen molar-refractivity contribution in [1.29, 1.82) is 0 Å². The molecular weight excluding hydrogens is 216 g/mol. The summed E-state index contributed by atoms with van der Waals surface area (Å²) in [5.41, 5.74) is -0.665. The maximum atomic E-state index is 12.5. The zero-order chi connectivity index (χ0) is 12.9. The molecule has 0 spiro atoms. The smallest absolute Gasteiger partial charge is 0.248 e. The van der Waals surface area contributed by atoms with Gasteiger partial charge >= 0.3 is 0 Å². The molecule has 1 aliphatic heterocycles. The van der Waals surface area contributed by atoms with Crippen LogP contribution in [-0.4, -0.2) is 35.3 Å². The Kier molecular flexibility index (Phi) is 4.97. The van der Waals surface area contributed by atoms with Crippen LogP contribution in [0.3, 0.4) is 0 Å². The number of unbranched alkanes of at least 4 members (excludes halogenated alkanes) is 1. The number of nitrogens with zero attached hydrogens (tertiary/aromatic N) is 1.